The molecule has 1 N–H and O–H groups in total. The Bertz CT molecular complexity index is 357. The summed E-state index contributed by atoms with van der Waals surface area (Å²) in [5, 5.41) is 9.22. The molecular formula is C14H20O3. The van der Waals surface area contributed by atoms with E-state index in [1.807, 2.05) is 51.1 Å². The Balaban J connectivity index is 2.72. The van der Waals surface area contributed by atoms with Crippen LogP contribution < -0.4 is 0 Å². The Morgan fingerprint density at radius 3 is 2.41 bits per heavy atom. The maximum absolute atomic E-state index is 11.2. The molecule has 0 aliphatic heterocycles. The fourth-order valence-electron chi connectivity index (χ4n) is 1.41. The highest BCUT2D eigenvalue weighted by molar-refractivity contribution is 5.76. The van der Waals surface area contributed by atoms with Gasteiger partial charge in [-0.2, -0.15) is 0 Å². The maximum Gasteiger partial charge on any atom is 0.313 e. The summed E-state index contributed by atoms with van der Waals surface area (Å²) in [6, 6.07) is 9.20. The maximum atomic E-state index is 11.2. The van der Waals surface area contributed by atoms with E-state index < -0.39 is 11.9 Å². The average molecular weight is 236 g/mol. The van der Waals surface area contributed by atoms with Crippen LogP contribution in [-0.2, 0) is 9.53 Å². The lowest BCUT2D eigenvalue weighted by Gasteiger charge is -2.25. The van der Waals surface area contributed by atoms with Crippen LogP contribution >= 0.6 is 0 Å². The van der Waals surface area contributed by atoms with Crippen molar-refractivity contribution in [3.8, 4) is 0 Å². The number of benzene rings is 1. The molecule has 3 heteroatoms. The predicted molar refractivity (Wildman–Crippen MR) is 67.1 cm³/mol. The lowest BCUT2D eigenvalue weighted by molar-refractivity contribution is -0.142. The van der Waals surface area contributed by atoms with Gasteiger partial charge in [-0.1, -0.05) is 37.3 Å². The number of carboxylic acid groups (broad SMARTS) is 1. The van der Waals surface area contributed by atoms with Crippen LogP contribution in [0.3, 0.4) is 0 Å². The molecule has 0 amide bonds. The topological polar surface area (TPSA) is 46.5 Å². The van der Waals surface area contributed by atoms with E-state index in [-0.39, 0.29) is 12.2 Å². The molecular weight excluding hydrogens is 216 g/mol. The molecule has 0 radical (unpaired) electrons. The molecule has 0 aliphatic rings. The smallest absolute Gasteiger partial charge is 0.313 e. The lowest BCUT2D eigenvalue weighted by atomic mass is 9.99. The van der Waals surface area contributed by atoms with Gasteiger partial charge in [0.25, 0.3) is 0 Å². The van der Waals surface area contributed by atoms with Gasteiger partial charge in [-0.05, 0) is 25.8 Å². The standard InChI is InChI=1S/C14H20O3/c1-4-14(2,3)17-10-12(13(15)16)11-8-6-5-7-9-11/h5-9,12H,4,10H2,1-3H3,(H,15,16). The van der Waals surface area contributed by atoms with Crippen LogP contribution in [-0.4, -0.2) is 23.3 Å². The largest absolute Gasteiger partial charge is 0.481 e. The molecule has 1 unspecified atom stereocenters. The first kappa shape index (κ1) is 13.7. The Hall–Kier alpha value is -1.35. The van der Waals surface area contributed by atoms with E-state index in [1.54, 1.807) is 0 Å². The second-order valence-electron chi connectivity index (χ2n) is 4.73. The summed E-state index contributed by atoms with van der Waals surface area (Å²) >= 11 is 0. The van der Waals surface area contributed by atoms with Crippen molar-refractivity contribution >= 4 is 5.97 Å². The van der Waals surface area contributed by atoms with E-state index in [4.69, 9.17) is 4.74 Å². The van der Waals surface area contributed by atoms with Crippen LogP contribution in [0.15, 0.2) is 30.3 Å². The molecule has 0 heterocycles. The Kier molecular flexibility index (Phi) is 4.70. The van der Waals surface area contributed by atoms with Crippen molar-refractivity contribution in [1.29, 1.82) is 0 Å². The van der Waals surface area contributed by atoms with Gasteiger partial charge in [0.2, 0.25) is 0 Å². The van der Waals surface area contributed by atoms with Crippen LogP contribution in [0.4, 0.5) is 0 Å². The van der Waals surface area contributed by atoms with Gasteiger partial charge in [0, 0.05) is 0 Å². The SMILES string of the molecule is CCC(C)(C)OCC(C(=O)O)c1ccccc1. The lowest BCUT2D eigenvalue weighted by Crippen LogP contribution is -2.28. The third-order valence-corrected chi connectivity index (χ3v) is 2.99. The van der Waals surface area contributed by atoms with Gasteiger partial charge in [-0.15, -0.1) is 0 Å². The molecule has 0 saturated carbocycles. The van der Waals surface area contributed by atoms with Crippen molar-refractivity contribution in [3.05, 3.63) is 35.9 Å². The molecule has 94 valence electrons. The molecule has 0 fully saturated rings. The van der Waals surface area contributed by atoms with Gasteiger partial charge in [0.1, 0.15) is 5.92 Å². The molecule has 3 nitrogen and oxygen atoms in total. The van der Waals surface area contributed by atoms with Crippen LogP contribution in [0, 0.1) is 0 Å². The van der Waals surface area contributed by atoms with Gasteiger partial charge in [-0.3, -0.25) is 4.79 Å². The van der Waals surface area contributed by atoms with Crippen LogP contribution in [0.5, 0.6) is 0 Å². The summed E-state index contributed by atoms with van der Waals surface area (Å²) < 4.78 is 5.68. The minimum absolute atomic E-state index is 0.209. The van der Waals surface area contributed by atoms with Crippen molar-refractivity contribution in [2.45, 2.75) is 38.7 Å². The second-order valence-corrected chi connectivity index (χ2v) is 4.73. The van der Waals surface area contributed by atoms with Crippen molar-refractivity contribution < 1.29 is 14.6 Å². The first-order valence-electron chi connectivity index (χ1n) is 5.88. The van der Waals surface area contributed by atoms with Crippen molar-refractivity contribution in [2.24, 2.45) is 0 Å². The van der Waals surface area contributed by atoms with E-state index in [1.165, 1.54) is 0 Å². The molecule has 1 aromatic carbocycles. The van der Waals surface area contributed by atoms with Crippen LogP contribution in [0.1, 0.15) is 38.7 Å². The summed E-state index contributed by atoms with van der Waals surface area (Å²) in [6.45, 7) is 6.17. The van der Waals surface area contributed by atoms with E-state index in [0.717, 1.165) is 12.0 Å². The van der Waals surface area contributed by atoms with E-state index >= 15 is 0 Å². The number of carbonyl (C=O) groups is 1. The Labute approximate surface area is 102 Å². The van der Waals surface area contributed by atoms with Gasteiger partial charge in [-0.25, -0.2) is 0 Å². The summed E-state index contributed by atoms with van der Waals surface area (Å²) in [5.41, 5.74) is 0.509. The van der Waals surface area contributed by atoms with Gasteiger partial charge < -0.3 is 9.84 Å². The highest BCUT2D eigenvalue weighted by Crippen LogP contribution is 2.21. The fourth-order valence-corrected chi connectivity index (χ4v) is 1.41. The van der Waals surface area contributed by atoms with Crippen molar-refractivity contribution in [2.75, 3.05) is 6.61 Å². The number of carboxylic acids is 1. The molecule has 1 rings (SSSR count). The molecule has 1 aromatic rings. The predicted octanol–water partition coefficient (Wildman–Crippen LogP) is 3.06. The van der Waals surface area contributed by atoms with E-state index in [0.29, 0.717) is 0 Å². The van der Waals surface area contributed by atoms with Crippen molar-refractivity contribution in [3.63, 3.8) is 0 Å². The van der Waals surface area contributed by atoms with Gasteiger partial charge in [0.15, 0.2) is 0 Å². The zero-order valence-electron chi connectivity index (χ0n) is 10.6. The first-order valence-corrected chi connectivity index (χ1v) is 5.88. The molecule has 0 spiro atoms. The quantitative estimate of drug-likeness (QED) is 0.825. The zero-order valence-corrected chi connectivity index (χ0v) is 10.6. The highest BCUT2D eigenvalue weighted by Gasteiger charge is 2.24. The van der Waals surface area contributed by atoms with Gasteiger partial charge in [0.05, 0.1) is 12.2 Å². The summed E-state index contributed by atoms with van der Waals surface area (Å²) in [6.07, 6.45) is 0.855. The second kappa shape index (κ2) is 5.82. The minimum atomic E-state index is -0.844. The third-order valence-electron chi connectivity index (χ3n) is 2.99. The number of hydrogen-bond acceptors (Lipinski definition) is 2. The monoisotopic (exact) mass is 236 g/mol. The normalized spacial score (nSPS) is 13.4. The molecule has 0 saturated heterocycles. The molecule has 0 aromatic heterocycles. The first-order chi connectivity index (χ1) is 7.96. The van der Waals surface area contributed by atoms with E-state index in [2.05, 4.69) is 0 Å². The minimum Gasteiger partial charge on any atom is -0.481 e. The molecule has 0 bridgehead atoms. The summed E-state index contributed by atoms with van der Waals surface area (Å²) in [5.74, 6) is -1.44. The number of rotatable bonds is 6. The fraction of sp³-hybridized carbons (Fsp3) is 0.500. The number of ether oxygens (including phenoxy) is 1. The molecule has 17 heavy (non-hydrogen) atoms. The number of hydrogen-bond donors (Lipinski definition) is 1. The summed E-state index contributed by atoms with van der Waals surface area (Å²) in [7, 11) is 0. The molecule has 0 aliphatic carbocycles. The highest BCUT2D eigenvalue weighted by atomic mass is 16.5. The van der Waals surface area contributed by atoms with E-state index in [9.17, 15) is 9.90 Å². The summed E-state index contributed by atoms with van der Waals surface area (Å²) in [4.78, 5) is 11.2. The van der Waals surface area contributed by atoms with Crippen LogP contribution in [0.25, 0.3) is 0 Å². The average Bonchev–Trinajstić information content (AvgIpc) is 2.30. The Morgan fingerprint density at radius 1 is 1.35 bits per heavy atom. The van der Waals surface area contributed by atoms with Gasteiger partial charge >= 0.3 is 5.97 Å². The zero-order chi connectivity index (χ0) is 12.9. The molecule has 1 atom stereocenters. The third kappa shape index (κ3) is 4.19. The number of aliphatic carboxylic acids is 1. The van der Waals surface area contributed by atoms with Crippen molar-refractivity contribution in [1.82, 2.24) is 0 Å². The Morgan fingerprint density at radius 2 is 1.94 bits per heavy atom. The van der Waals surface area contributed by atoms with Crippen LogP contribution in [0.2, 0.25) is 0 Å².